The van der Waals surface area contributed by atoms with Crippen molar-refractivity contribution in [3.63, 3.8) is 0 Å². The zero-order chi connectivity index (χ0) is 12.4. The summed E-state index contributed by atoms with van der Waals surface area (Å²) >= 11 is 3.26. The second kappa shape index (κ2) is 5.29. The van der Waals surface area contributed by atoms with Gasteiger partial charge in [-0.25, -0.2) is 4.98 Å². The molecular formula is C11H16BrN3O2. The van der Waals surface area contributed by atoms with Crippen LogP contribution < -0.4 is 5.56 Å². The molecule has 0 radical (unpaired) electrons. The van der Waals surface area contributed by atoms with E-state index in [0.717, 1.165) is 19.7 Å². The number of halogens is 1. The SMILES string of the molecule is Cc1ncn(CC2CN(C)CCO2)c(=O)c1Br. The van der Waals surface area contributed by atoms with E-state index >= 15 is 0 Å². The van der Waals surface area contributed by atoms with E-state index in [4.69, 9.17) is 4.74 Å². The Morgan fingerprint density at radius 2 is 2.41 bits per heavy atom. The number of morpholine rings is 1. The highest BCUT2D eigenvalue weighted by Gasteiger charge is 2.19. The van der Waals surface area contributed by atoms with Crippen LogP contribution in [-0.2, 0) is 11.3 Å². The van der Waals surface area contributed by atoms with Gasteiger partial charge in [-0.05, 0) is 29.9 Å². The third-order valence-electron chi connectivity index (χ3n) is 2.90. The highest BCUT2D eigenvalue weighted by atomic mass is 79.9. The third-order valence-corrected chi connectivity index (χ3v) is 3.81. The van der Waals surface area contributed by atoms with Crippen molar-refractivity contribution in [1.29, 1.82) is 0 Å². The molecule has 2 rings (SSSR count). The molecule has 6 heteroatoms. The van der Waals surface area contributed by atoms with E-state index in [9.17, 15) is 4.79 Å². The van der Waals surface area contributed by atoms with Gasteiger partial charge in [-0.1, -0.05) is 0 Å². The summed E-state index contributed by atoms with van der Waals surface area (Å²) in [6.07, 6.45) is 1.64. The number of rotatable bonds is 2. The summed E-state index contributed by atoms with van der Waals surface area (Å²) in [6.45, 7) is 4.87. The molecule has 1 fully saturated rings. The number of likely N-dealkylation sites (N-methyl/N-ethyl adjacent to an activating group) is 1. The van der Waals surface area contributed by atoms with Gasteiger partial charge >= 0.3 is 0 Å². The fourth-order valence-corrected chi connectivity index (χ4v) is 2.20. The molecule has 1 aromatic heterocycles. The van der Waals surface area contributed by atoms with Crippen molar-refractivity contribution in [1.82, 2.24) is 14.5 Å². The quantitative estimate of drug-likeness (QED) is 0.804. The summed E-state index contributed by atoms with van der Waals surface area (Å²) in [7, 11) is 2.06. The minimum absolute atomic E-state index is 0.0469. The molecule has 1 aliphatic rings. The van der Waals surface area contributed by atoms with Crippen molar-refractivity contribution >= 4 is 15.9 Å². The number of hydrogen-bond acceptors (Lipinski definition) is 4. The zero-order valence-corrected chi connectivity index (χ0v) is 11.6. The minimum atomic E-state index is -0.0469. The summed E-state index contributed by atoms with van der Waals surface area (Å²) in [6, 6.07) is 0. The summed E-state index contributed by atoms with van der Waals surface area (Å²) in [5.74, 6) is 0. The van der Waals surface area contributed by atoms with Gasteiger partial charge in [-0.2, -0.15) is 0 Å². The number of ether oxygens (including phenoxy) is 1. The van der Waals surface area contributed by atoms with Gasteiger partial charge in [0.15, 0.2) is 0 Å². The molecular weight excluding hydrogens is 286 g/mol. The monoisotopic (exact) mass is 301 g/mol. The van der Waals surface area contributed by atoms with Gasteiger partial charge in [-0.15, -0.1) is 0 Å². The van der Waals surface area contributed by atoms with Crippen molar-refractivity contribution in [2.24, 2.45) is 0 Å². The molecule has 0 aliphatic carbocycles. The first-order valence-corrected chi connectivity index (χ1v) is 6.39. The number of nitrogens with zero attached hydrogens (tertiary/aromatic N) is 3. The van der Waals surface area contributed by atoms with Crippen molar-refractivity contribution in [3.05, 3.63) is 26.8 Å². The number of aromatic nitrogens is 2. The third kappa shape index (κ3) is 2.94. The van der Waals surface area contributed by atoms with Gasteiger partial charge in [0, 0.05) is 13.1 Å². The van der Waals surface area contributed by atoms with Gasteiger partial charge in [-0.3, -0.25) is 9.36 Å². The van der Waals surface area contributed by atoms with Crippen molar-refractivity contribution in [2.75, 3.05) is 26.7 Å². The summed E-state index contributed by atoms with van der Waals surface area (Å²) in [5.41, 5.74) is 0.669. The fraction of sp³-hybridized carbons (Fsp3) is 0.636. The Bertz CT molecular complexity index is 461. The summed E-state index contributed by atoms with van der Waals surface area (Å²) < 4.78 is 7.76. The predicted octanol–water partition coefficient (Wildman–Crippen LogP) is 0.645. The fourth-order valence-electron chi connectivity index (χ4n) is 1.87. The highest BCUT2D eigenvalue weighted by Crippen LogP contribution is 2.08. The lowest BCUT2D eigenvalue weighted by atomic mass is 10.3. The van der Waals surface area contributed by atoms with Crippen LogP contribution in [-0.4, -0.2) is 47.3 Å². The molecule has 0 saturated carbocycles. The van der Waals surface area contributed by atoms with Gasteiger partial charge in [0.2, 0.25) is 0 Å². The Morgan fingerprint density at radius 1 is 1.65 bits per heavy atom. The van der Waals surface area contributed by atoms with E-state index in [0.29, 0.717) is 16.7 Å². The molecule has 0 amide bonds. The van der Waals surface area contributed by atoms with E-state index in [1.165, 1.54) is 0 Å². The van der Waals surface area contributed by atoms with Crippen molar-refractivity contribution in [3.8, 4) is 0 Å². The molecule has 5 nitrogen and oxygen atoms in total. The maximum absolute atomic E-state index is 12.0. The lowest BCUT2D eigenvalue weighted by Gasteiger charge is -2.30. The average Bonchev–Trinajstić information content (AvgIpc) is 2.30. The zero-order valence-electron chi connectivity index (χ0n) is 10.0. The van der Waals surface area contributed by atoms with Crippen molar-refractivity contribution in [2.45, 2.75) is 19.6 Å². The minimum Gasteiger partial charge on any atom is -0.374 e. The van der Waals surface area contributed by atoms with Crippen LogP contribution in [0, 0.1) is 6.92 Å². The van der Waals surface area contributed by atoms with Crippen LogP contribution in [0.2, 0.25) is 0 Å². The van der Waals surface area contributed by atoms with E-state index in [1.807, 2.05) is 0 Å². The first-order chi connectivity index (χ1) is 8.08. The van der Waals surface area contributed by atoms with Crippen LogP contribution in [0.25, 0.3) is 0 Å². The standard InChI is InChI=1S/C11H16BrN3O2/c1-8-10(12)11(16)15(7-13-8)6-9-5-14(2)3-4-17-9/h7,9H,3-6H2,1-2H3. The Kier molecular flexibility index (Phi) is 3.96. The molecule has 2 heterocycles. The number of aryl methyl sites for hydroxylation is 1. The maximum Gasteiger partial charge on any atom is 0.267 e. The average molecular weight is 302 g/mol. The van der Waals surface area contributed by atoms with Crippen molar-refractivity contribution < 1.29 is 4.74 Å². The molecule has 1 saturated heterocycles. The maximum atomic E-state index is 12.0. The molecule has 94 valence electrons. The normalized spacial score (nSPS) is 21.7. The lowest BCUT2D eigenvalue weighted by Crippen LogP contribution is -2.43. The van der Waals surface area contributed by atoms with Crippen LogP contribution in [0.15, 0.2) is 15.6 Å². The van der Waals surface area contributed by atoms with Gasteiger partial charge in [0.25, 0.3) is 5.56 Å². The Hall–Kier alpha value is -0.720. The van der Waals surface area contributed by atoms with Crippen LogP contribution >= 0.6 is 15.9 Å². The van der Waals surface area contributed by atoms with E-state index in [1.54, 1.807) is 17.8 Å². The van der Waals surface area contributed by atoms with Crippen LogP contribution in [0.1, 0.15) is 5.69 Å². The van der Waals surface area contributed by atoms with E-state index < -0.39 is 0 Å². The van der Waals surface area contributed by atoms with Gasteiger partial charge in [0.05, 0.1) is 31.3 Å². The second-order valence-corrected chi connectivity index (χ2v) is 5.15. The lowest BCUT2D eigenvalue weighted by molar-refractivity contribution is -0.0280. The molecule has 1 aromatic rings. The van der Waals surface area contributed by atoms with Gasteiger partial charge in [0.1, 0.15) is 4.47 Å². The molecule has 0 bridgehead atoms. The van der Waals surface area contributed by atoms with Crippen LogP contribution in [0.5, 0.6) is 0 Å². The highest BCUT2D eigenvalue weighted by molar-refractivity contribution is 9.10. The predicted molar refractivity (Wildman–Crippen MR) is 68.2 cm³/mol. The molecule has 17 heavy (non-hydrogen) atoms. The summed E-state index contributed by atoms with van der Waals surface area (Å²) in [4.78, 5) is 18.3. The largest absolute Gasteiger partial charge is 0.374 e. The summed E-state index contributed by atoms with van der Waals surface area (Å²) in [5, 5.41) is 0. The first kappa shape index (κ1) is 12.7. The molecule has 0 aromatic carbocycles. The second-order valence-electron chi connectivity index (χ2n) is 4.36. The van der Waals surface area contributed by atoms with E-state index in [-0.39, 0.29) is 11.7 Å². The molecule has 1 atom stereocenters. The molecule has 0 N–H and O–H groups in total. The topological polar surface area (TPSA) is 47.4 Å². The van der Waals surface area contributed by atoms with Gasteiger partial charge < -0.3 is 9.64 Å². The van der Waals surface area contributed by atoms with E-state index in [2.05, 4.69) is 32.9 Å². The molecule has 1 unspecified atom stereocenters. The Labute approximate surface area is 109 Å². The smallest absolute Gasteiger partial charge is 0.267 e. The van der Waals surface area contributed by atoms with Crippen LogP contribution in [0.4, 0.5) is 0 Å². The Morgan fingerprint density at radius 3 is 3.12 bits per heavy atom. The van der Waals surface area contributed by atoms with Crippen LogP contribution in [0.3, 0.4) is 0 Å². The first-order valence-electron chi connectivity index (χ1n) is 5.59. The molecule has 1 aliphatic heterocycles. The Balaban J connectivity index is 2.13. The molecule has 0 spiro atoms. The number of hydrogen-bond donors (Lipinski definition) is 0.